The molecule has 1 fully saturated rings. The molecule has 0 saturated carbocycles. The summed E-state index contributed by atoms with van der Waals surface area (Å²) in [7, 11) is 0. The van der Waals surface area contributed by atoms with Crippen molar-refractivity contribution in [2.75, 3.05) is 6.61 Å². The van der Waals surface area contributed by atoms with Crippen molar-refractivity contribution in [1.29, 1.82) is 0 Å². The van der Waals surface area contributed by atoms with Crippen LogP contribution < -0.4 is 10.2 Å². The molecule has 2 heterocycles. The van der Waals surface area contributed by atoms with Crippen molar-refractivity contribution in [2.45, 2.75) is 12.2 Å². The highest BCUT2D eigenvalue weighted by atomic mass is 32.2. The first kappa shape index (κ1) is 15.8. The van der Waals surface area contributed by atoms with E-state index in [1.165, 1.54) is 11.8 Å². The second kappa shape index (κ2) is 6.64. The zero-order valence-corrected chi connectivity index (χ0v) is 14.5. The molecule has 126 valence electrons. The number of rotatable bonds is 4. The van der Waals surface area contributed by atoms with Gasteiger partial charge in [0.2, 0.25) is 0 Å². The van der Waals surface area contributed by atoms with Crippen molar-refractivity contribution < 1.29 is 9.53 Å². The Labute approximate surface area is 150 Å². The van der Waals surface area contributed by atoms with Gasteiger partial charge in [-0.05, 0) is 36.8 Å². The van der Waals surface area contributed by atoms with Gasteiger partial charge in [0.05, 0.1) is 12.3 Å². The zero-order chi connectivity index (χ0) is 17.2. The molecule has 5 nitrogen and oxygen atoms in total. The third kappa shape index (κ3) is 3.00. The average molecular weight is 351 g/mol. The minimum Gasteiger partial charge on any atom is -0.494 e. The van der Waals surface area contributed by atoms with Crippen LogP contribution in [-0.4, -0.2) is 22.6 Å². The lowest BCUT2D eigenvalue weighted by Crippen LogP contribution is -2.30. The molecule has 0 radical (unpaired) electrons. The molecular formula is C19H17N3O2S. The van der Waals surface area contributed by atoms with Gasteiger partial charge in [-0.25, -0.2) is 0 Å². The number of hydrogen-bond donors (Lipinski definition) is 1. The highest BCUT2D eigenvalue weighted by Crippen LogP contribution is 2.41. The molecule has 2 aromatic carbocycles. The van der Waals surface area contributed by atoms with E-state index in [9.17, 15) is 4.79 Å². The maximum Gasteiger partial charge on any atom is 0.250 e. The minimum absolute atomic E-state index is 0.0277. The number of carbonyl (C=O) groups excluding carboxylic acids is 1. The quantitative estimate of drug-likeness (QED) is 0.915. The van der Waals surface area contributed by atoms with Crippen LogP contribution in [0.15, 0.2) is 65.9 Å². The lowest BCUT2D eigenvalue weighted by Gasteiger charge is -2.19. The second-order valence-corrected chi connectivity index (χ2v) is 6.70. The lowest BCUT2D eigenvalue weighted by atomic mass is 10.1. The normalized spacial score (nSPS) is 19.0. The first-order valence-electron chi connectivity index (χ1n) is 8.09. The number of benzene rings is 2. The maximum atomic E-state index is 12.8. The molecule has 4 rings (SSSR count). The van der Waals surface area contributed by atoms with Crippen LogP contribution >= 0.6 is 11.8 Å². The van der Waals surface area contributed by atoms with E-state index in [4.69, 9.17) is 4.74 Å². The van der Waals surface area contributed by atoms with Crippen LogP contribution in [0, 0.1) is 0 Å². The van der Waals surface area contributed by atoms with Crippen LogP contribution in [0.3, 0.4) is 0 Å². The number of hydrogen-bond acceptors (Lipinski definition) is 5. The number of ether oxygens (including phenoxy) is 1. The molecule has 2 aliphatic heterocycles. The smallest absolute Gasteiger partial charge is 0.250 e. The Bertz CT molecular complexity index is 847. The Kier molecular flexibility index (Phi) is 4.19. The van der Waals surface area contributed by atoms with Gasteiger partial charge in [0, 0.05) is 11.8 Å². The molecular weight excluding hydrogens is 334 g/mol. The molecule has 6 heteroatoms. The Morgan fingerprint density at radius 1 is 1.16 bits per heavy atom. The number of nitrogens with zero attached hydrogens (tertiary/aromatic N) is 2. The number of amidine groups is 1. The maximum absolute atomic E-state index is 12.8. The van der Waals surface area contributed by atoms with Crippen molar-refractivity contribution in [3.8, 4) is 5.75 Å². The summed E-state index contributed by atoms with van der Waals surface area (Å²) in [6, 6.07) is 17.5. The standard InChI is InChI=1S/C19H17N3O2S/c1-2-24-15-10-8-13(9-11-15)16-12-22-18(23)17(25-19(22)21-20-16)14-6-4-3-5-7-14/h3-12,17,20H,2H2,1H3. The Hall–Kier alpha value is -2.73. The first-order chi connectivity index (χ1) is 12.3. The van der Waals surface area contributed by atoms with E-state index in [0.29, 0.717) is 11.8 Å². The van der Waals surface area contributed by atoms with Gasteiger partial charge in [0.1, 0.15) is 11.0 Å². The first-order valence-corrected chi connectivity index (χ1v) is 8.97. The van der Waals surface area contributed by atoms with Gasteiger partial charge >= 0.3 is 0 Å². The van der Waals surface area contributed by atoms with Crippen molar-refractivity contribution in [1.82, 2.24) is 10.3 Å². The van der Waals surface area contributed by atoms with Gasteiger partial charge in [-0.15, -0.1) is 5.10 Å². The van der Waals surface area contributed by atoms with Crippen molar-refractivity contribution >= 4 is 28.5 Å². The summed E-state index contributed by atoms with van der Waals surface area (Å²) in [6.07, 6.45) is 1.82. The molecule has 1 saturated heterocycles. The molecule has 1 amide bonds. The van der Waals surface area contributed by atoms with E-state index in [1.807, 2.05) is 67.7 Å². The number of fused-ring (bicyclic) bond motifs is 1. The van der Waals surface area contributed by atoms with E-state index in [-0.39, 0.29) is 11.2 Å². The fourth-order valence-electron chi connectivity index (χ4n) is 2.77. The second-order valence-electron chi connectivity index (χ2n) is 5.62. The molecule has 1 unspecified atom stereocenters. The monoisotopic (exact) mass is 351 g/mol. The van der Waals surface area contributed by atoms with Gasteiger partial charge in [-0.2, -0.15) is 0 Å². The predicted molar refractivity (Wildman–Crippen MR) is 99.8 cm³/mol. The van der Waals surface area contributed by atoms with E-state index in [2.05, 4.69) is 10.5 Å². The fourth-order valence-corrected chi connectivity index (χ4v) is 3.85. The fraction of sp³-hybridized carbons (Fsp3) is 0.158. The van der Waals surface area contributed by atoms with Crippen LogP contribution in [-0.2, 0) is 4.79 Å². The molecule has 1 atom stereocenters. The lowest BCUT2D eigenvalue weighted by molar-refractivity contribution is -0.124. The topological polar surface area (TPSA) is 53.9 Å². The van der Waals surface area contributed by atoms with Crippen molar-refractivity contribution in [3.05, 3.63) is 71.9 Å². The van der Waals surface area contributed by atoms with E-state index in [1.54, 1.807) is 4.90 Å². The molecule has 0 spiro atoms. The molecule has 25 heavy (non-hydrogen) atoms. The van der Waals surface area contributed by atoms with Crippen molar-refractivity contribution in [2.24, 2.45) is 5.10 Å². The third-order valence-corrected chi connectivity index (χ3v) is 5.21. The molecule has 0 bridgehead atoms. The number of carbonyl (C=O) groups is 1. The van der Waals surface area contributed by atoms with Crippen LogP contribution in [0.25, 0.3) is 5.70 Å². The number of hydrazone groups is 1. The summed E-state index contributed by atoms with van der Waals surface area (Å²) in [5.74, 6) is 0.851. The summed E-state index contributed by atoms with van der Waals surface area (Å²) in [5.41, 5.74) is 5.77. The Balaban J connectivity index is 1.58. The van der Waals surface area contributed by atoms with Gasteiger partial charge in [0.25, 0.3) is 5.91 Å². The third-order valence-electron chi connectivity index (χ3n) is 4.00. The summed E-state index contributed by atoms with van der Waals surface area (Å²) in [6.45, 7) is 2.59. The Morgan fingerprint density at radius 2 is 1.92 bits per heavy atom. The highest BCUT2D eigenvalue weighted by Gasteiger charge is 2.39. The van der Waals surface area contributed by atoms with Crippen LogP contribution in [0.4, 0.5) is 0 Å². The van der Waals surface area contributed by atoms with Gasteiger partial charge < -0.3 is 4.74 Å². The average Bonchev–Trinajstić information content (AvgIpc) is 3.00. The summed E-state index contributed by atoms with van der Waals surface area (Å²) in [4.78, 5) is 14.4. The van der Waals surface area contributed by atoms with E-state index < -0.39 is 0 Å². The van der Waals surface area contributed by atoms with E-state index >= 15 is 0 Å². The van der Waals surface area contributed by atoms with Crippen LogP contribution in [0.5, 0.6) is 5.75 Å². The molecule has 2 aliphatic rings. The minimum atomic E-state index is -0.252. The SMILES string of the molecule is CCOc1ccc(C2=CN3C(=O)C(c4ccccc4)SC3=NN2)cc1. The predicted octanol–water partition coefficient (Wildman–Crippen LogP) is 3.57. The molecule has 1 N–H and O–H groups in total. The largest absolute Gasteiger partial charge is 0.494 e. The van der Waals surface area contributed by atoms with E-state index in [0.717, 1.165) is 22.6 Å². The Morgan fingerprint density at radius 3 is 2.64 bits per heavy atom. The van der Waals surface area contributed by atoms with Gasteiger partial charge in [0.15, 0.2) is 5.17 Å². The number of nitrogens with one attached hydrogen (secondary N) is 1. The van der Waals surface area contributed by atoms with Crippen molar-refractivity contribution in [3.63, 3.8) is 0 Å². The van der Waals surface area contributed by atoms with Crippen LogP contribution in [0.2, 0.25) is 0 Å². The number of thioether (sulfide) groups is 1. The molecule has 0 aliphatic carbocycles. The molecule has 2 aromatic rings. The summed E-state index contributed by atoms with van der Waals surface area (Å²) >= 11 is 1.46. The summed E-state index contributed by atoms with van der Waals surface area (Å²) < 4.78 is 5.46. The molecule has 0 aromatic heterocycles. The number of amides is 1. The van der Waals surface area contributed by atoms with Crippen LogP contribution in [0.1, 0.15) is 23.3 Å². The zero-order valence-electron chi connectivity index (χ0n) is 13.7. The van der Waals surface area contributed by atoms with Gasteiger partial charge in [-0.3, -0.25) is 15.1 Å². The van der Waals surface area contributed by atoms with Gasteiger partial charge in [-0.1, -0.05) is 42.1 Å². The highest BCUT2D eigenvalue weighted by molar-refractivity contribution is 8.15. The summed E-state index contributed by atoms with van der Waals surface area (Å²) in [5, 5.41) is 4.79.